The molecule has 4 rings (SSSR count). The second kappa shape index (κ2) is 8.66. The summed E-state index contributed by atoms with van der Waals surface area (Å²) >= 11 is 5.00. The van der Waals surface area contributed by atoms with Crippen molar-refractivity contribution in [3.8, 4) is 0 Å². The molecule has 5 heteroatoms. The molecule has 0 aromatic heterocycles. The monoisotopic (exact) mass is 454 g/mol. The van der Waals surface area contributed by atoms with Crippen molar-refractivity contribution in [3.63, 3.8) is 0 Å². The van der Waals surface area contributed by atoms with Crippen LogP contribution in [0.4, 0.5) is 5.69 Å². The number of hydrogen-bond donors (Lipinski definition) is 0. The smallest absolute Gasteiger partial charge is 0.267 e. The molecule has 2 aromatic carbocycles. The van der Waals surface area contributed by atoms with Crippen molar-refractivity contribution in [2.24, 2.45) is 10.9 Å². The highest BCUT2D eigenvalue weighted by atomic mass is 79.9. The first-order valence-corrected chi connectivity index (χ1v) is 11.4. The third kappa shape index (κ3) is 4.26. The van der Waals surface area contributed by atoms with Gasteiger partial charge in [-0.3, -0.25) is 9.69 Å². The van der Waals surface area contributed by atoms with Gasteiger partial charge in [0.15, 0.2) is 5.17 Å². The van der Waals surface area contributed by atoms with Crippen molar-refractivity contribution < 1.29 is 4.79 Å². The largest absolute Gasteiger partial charge is 0.283 e. The van der Waals surface area contributed by atoms with Crippen molar-refractivity contribution in [2.45, 2.75) is 38.6 Å². The minimum atomic E-state index is 0.0819. The Kier molecular flexibility index (Phi) is 6.02. The van der Waals surface area contributed by atoms with Gasteiger partial charge in [0, 0.05) is 10.5 Å². The molecule has 0 radical (unpaired) electrons. The fourth-order valence-electron chi connectivity index (χ4n) is 3.90. The third-order valence-corrected chi connectivity index (χ3v) is 6.84. The van der Waals surface area contributed by atoms with Crippen LogP contribution in [-0.2, 0) is 4.79 Å². The molecule has 0 bridgehead atoms. The molecule has 1 saturated heterocycles. The van der Waals surface area contributed by atoms with E-state index in [0.29, 0.717) is 5.92 Å². The van der Waals surface area contributed by atoms with E-state index in [1.807, 2.05) is 65.6 Å². The van der Waals surface area contributed by atoms with E-state index in [1.54, 1.807) is 0 Å². The predicted octanol–water partition coefficient (Wildman–Crippen LogP) is 6.63. The van der Waals surface area contributed by atoms with Gasteiger partial charge in [0.05, 0.1) is 10.6 Å². The Labute approximate surface area is 179 Å². The lowest BCUT2D eigenvalue weighted by atomic mass is 9.85. The summed E-state index contributed by atoms with van der Waals surface area (Å²) < 4.78 is 1.01. The number of amides is 1. The number of amidine groups is 1. The van der Waals surface area contributed by atoms with E-state index in [4.69, 9.17) is 4.99 Å². The lowest BCUT2D eigenvalue weighted by Crippen LogP contribution is -2.44. The summed E-state index contributed by atoms with van der Waals surface area (Å²) in [7, 11) is 0. The number of carbonyl (C=O) groups is 1. The van der Waals surface area contributed by atoms with Gasteiger partial charge in [0.1, 0.15) is 0 Å². The van der Waals surface area contributed by atoms with Crippen LogP contribution in [0.1, 0.15) is 38.2 Å². The zero-order chi connectivity index (χ0) is 19.5. The molecule has 2 fully saturated rings. The normalized spacial score (nSPS) is 25.6. The lowest BCUT2D eigenvalue weighted by molar-refractivity contribution is -0.124. The standard InChI is InChI=1S/C23H23BrN2OS/c1-16-8-5-6-13-20(16)26-22(27)21(15-17-9-7-10-18(24)14-17)28-23(26)25-19-11-3-2-4-12-19/h2-4,7,9-12,14-16,20H,5-6,8,13H2,1H3/b21-15-,25-23?/t16-,20+/m0/s1. The average Bonchev–Trinajstić information content (AvgIpc) is 2.98. The van der Waals surface area contributed by atoms with E-state index in [1.165, 1.54) is 31.0 Å². The molecule has 0 spiro atoms. The molecule has 28 heavy (non-hydrogen) atoms. The number of halogens is 1. The second-order valence-corrected chi connectivity index (χ2v) is 9.32. The minimum Gasteiger partial charge on any atom is -0.283 e. The van der Waals surface area contributed by atoms with Crippen LogP contribution >= 0.6 is 27.7 Å². The molecule has 144 valence electrons. The van der Waals surface area contributed by atoms with Crippen LogP contribution in [0.2, 0.25) is 0 Å². The Morgan fingerprint density at radius 3 is 2.64 bits per heavy atom. The maximum absolute atomic E-state index is 13.4. The predicted molar refractivity (Wildman–Crippen MR) is 122 cm³/mol. The zero-order valence-electron chi connectivity index (χ0n) is 15.8. The number of thioether (sulfide) groups is 1. The van der Waals surface area contributed by atoms with E-state index >= 15 is 0 Å². The van der Waals surface area contributed by atoms with Crippen LogP contribution in [-0.4, -0.2) is 22.0 Å². The molecular formula is C23H23BrN2OS. The van der Waals surface area contributed by atoms with E-state index in [9.17, 15) is 4.79 Å². The molecule has 0 unspecified atom stereocenters. The molecule has 1 heterocycles. The van der Waals surface area contributed by atoms with Crippen LogP contribution in [0.15, 0.2) is 69.0 Å². The summed E-state index contributed by atoms with van der Waals surface area (Å²) in [4.78, 5) is 20.9. The van der Waals surface area contributed by atoms with Crippen molar-refractivity contribution >= 4 is 50.5 Å². The van der Waals surface area contributed by atoms with Crippen LogP contribution in [0.5, 0.6) is 0 Å². The summed E-state index contributed by atoms with van der Waals surface area (Å²) in [5, 5.41) is 0.802. The first kappa shape index (κ1) is 19.5. The zero-order valence-corrected chi connectivity index (χ0v) is 18.2. The van der Waals surface area contributed by atoms with E-state index in [-0.39, 0.29) is 11.9 Å². The highest BCUT2D eigenvalue weighted by Crippen LogP contribution is 2.40. The van der Waals surface area contributed by atoms with Gasteiger partial charge in [-0.05, 0) is 66.4 Å². The number of hydrogen-bond acceptors (Lipinski definition) is 3. The maximum Gasteiger partial charge on any atom is 0.267 e. The topological polar surface area (TPSA) is 32.7 Å². The van der Waals surface area contributed by atoms with Crippen LogP contribution in [0.3, 0.4) is 0 Å². The first-order chi connectivity index (χ1) is 13.6. The van der Waals surface area contributed by atoms with Gasteiger partial charge < -0.3 is 0 Å². The number of para-hydroxylation sites is 1. The van der Waals surface area contributed by atoms with Gasteiger partial charge in [-0.25, -0.2) is 4.99 Å². The average molecular weight is 455 g/mol. The molecule has 2 aliphatic rings. The first-order valence-electron chi connectivity index (χ1n) is 9.74. The number of benzene rings is 2. The van der Waals surface area contributed by atoms with Gasteiger partial charge in [-0.1, -0.05) is 66.0 Å². The van der Waals surface area contributed by atoms with Gasteiger partial charge >= 0.3 is 0 Å². The molecule has 2 aromatic rings. The third-order valence-electron chi connectivity index (χ3n) is 5.36. The molecular weight excluding hydrogens is 432 g/mol. The SMILES string of the molecule is C[C@H]1CCCC[C@H]1N1C(=O)/C(=C/c2cccc(Br)c2)SC1=Nc1ccccc1. The molecule has 1 saturated carbocycles. The van der Waals surface area contributed by atoms with Crippen molar-refractivity contribution in [1.29, 1.82) is 0 Å². The fourth-order valence-corrected chi connectivity index (χ4v) is 5.36. The quantitative estimate of drug-likeness (QED) is 0.487. The highest BCUT2D eigenvalue weighted by Gasteiger charge is 2.41. The van der Waals surface area contributed by atoms with Gasteiger partial charge in [-0.2, -0.15) is 0 Å². The van der Waals surface area contributed by atoms with E-state index in [0.717, 1.165) is 32.2 Å². The van der Waals surface area contributed by atoms with Gasteiger partial charge in [0.2, 0.25) is 0 Å². The molecule has 2 atom stereocenters. The van der Waals surface area contributed by atoms with Crippen LogP contribution in [0.25, 0.3) is 6.08 Å². The second-order valence-electron chi connectivity index (χ2n) is 7.40. The number of nitrogens with zero attached hydrogens (tertiary/aromatic N) is 2. The van der Waals surface area contributed by atoms with Crippen molar-refractivity contribution in [1.82, 2.24) is 4.90 Å². The van der Waals surface area contributed by atoms with E-state index in [2.05, 4.69) is 22.9 Å². The molecule has 1 amide bonds. The Bertz CT molecular complexity index is 925. The van der Waals surface area contributed by atoms with Crippen molar-refractivity contribution in [2.75, 3.05) is 0 Å². The molecule has 3 nitrogen and oxygen atoms in total. The summed E-state index contributed by atoms with van der Waals surface area (Å²) in [5.74, 6) is 0.572. The maximum atomic E-state index is 13.4. The lowest BCUT2D eigenvalue weighted by Gasteiger charge is -2.35. The molecule has 0 N–H and O–H groups in total. The fraction of sp³-hybridized carbons (Fsp3) is 0.304. The summed E-state index contributed by atoms with van der Waals surface area (Å²) in [6.45, 7) is 2.26. The van der Waals surface area contributed by atoms with Crippen molar-refractivity contribution in [3.05, 3.63) is 69.5 Å². The Morgan fingerprint density at radius 2 is 1.89 bits per heavy atom. The Morgan fingerprint density at radius 1 is 1.11 bits per heavy atom. The van der Waals surface area contributed by atoms with Crippen LogP contribution in [0, 0.1) is 5.92 Å². The molecule has 1 aliphatic carbocycles. The van der Waals surface area contributed by atoms with E-state index < -0.39 is 0 Å². The summed E-state index contributed by atoms with van der Waals surface area (Å²) in [6.07, 6.45) is 6.62. The number of rotatable bonds is 3. The Hall–Kier alpha value is -1.85. The summed E-state index contributed by atoms with van der Waals surface area (Å²) in [5.41, 5.74) is 1.90. The number of aliphatic imine (C=N–C) groups is 1. The number of carbonyl (C=O) groups excluding carboxylic acids is 1. The minimum absolute atomic E-state index is 0.0819. The van der Waals surface area contributed by atoms with Crippen LogP contribution < -0.4 is 0 Å². The Balaban J connectivity index is 1.72. The molecule has 1 aliphatic heterocycles. The summed E-state index contributed by atoms with van der Waals surface area (Å²) in [6, 6.07) is 18.2. The van der Waals surface area contributed by atoms with Gasteiger partial charge in [0.25, 0.3) is 5.91 Å². The van der Waals surface area contributed by atoms with Gasteiger partial charge in [-0.15, -0.1) is 0 Å². The highest BCUT2D eigenvalue weighted by molar-refractivity contribution is 9.10.